The Kier molecular flexibility index (Phi) is 16.7. The quantitative estimate of drug-likeness (QED) is 0.0761. The van der Waals surface area contributed by atoms with E-state index in [-0.39, 0.29) is 48.6 Å². The number of phenols is 1. The molecular weight excluding hydrogens is 1040 g/mol. The number of fused-ring (bicyclic) bond motifs is 2. The number of likely N-dealkylation sites (tertiary alicyclic amines) is 2. The molecule has 2 bridgehead atoms. The summed E-state index contributed by atoms with van der Waals surface area (Å²) in [5, 5.41) is 37.5. The standard InChI is InChI=1S/C61H82N12O7S/c1-37(2)57(61(77)73-33-46(74)27-53(73)60(76)64-38(3)41-9-11-42(12-10-41)58-39(4)63-36-81-58)55-29-56(67-80-55)69-21-15-40(16-22-69)30-68-19-17-47(18-20-68)79-48-25-45(26-48)70-23-24-78-49(34-70)35-72-43-13-14-44(72)32-71(31-43)52-28-51(65-66-59(52)62)50-7-5-6-8-54(50)75/h5-12,28-29,36-38,40,43-49,53,57,74-75H,13-27,30-35H2,1-4H3,(H2,62,66)(H,64,76)/t38-,43?,44?,45-,46+,48-,49-,53-,57+/m0/s1. The number of morpholine rings is 1. The zero-order chi connectivity index (χ0) is 55.9. The van der Waals surface area contributed by atoms with E-state index in [1.54, 1.807) is 28.4 Å². The molecule has 9 heterocycles. The predicted molar refractivity (Wildman–Crippen MR) is 312 cm³/mol. The number of nitrogens with zero attached hydrogens (tertiary/aromatic N) is 10. The Bertz CT molecular complexity index is 2940. The Morgan fingerprint density at radius 2 is 1.59 bits per heavy atom. The monoisotopic (exact) mass is 1130 g/mol. The number of aromatic hydroxyl groups is 1. The van der Waals surface area contributed by atoms with E-state index in [1.165, 1.54) is 0 Å². The number of rotatable bonds is 17. The van der Waals surface area contributed by atoms with Gasteiger partial charge in [0.15, 0.2) is 17.4 Å². The average molecular weight is 1130 g/mol. The van der Waals surface area contributed by atoms with Crippen molar-refractivity contribution in [3.05, 3.63) is 83.2 Å². The van der Waals surface area contributed by atoms with Gasteiger partial charge in [-0.2, -0.15) is 0 Å². The number of nitrogens with one attached hydrogen (secondary N) is 1. The summed E-state index contributed by atoms with van der Waals surface area (Å²) in [4.78, 5) is 48.0. The molecule has 6 aliphatic heterocycles. The Morgan fingerprint density at radius 3 is 2.31 bits per heavy atom. The third-order valence-corrected chi connectivity index (χ3v) is 19.9. The predicted octanol–water partition coefficient (Wildman–Crippen LogP) is 6.71. The summed E-state index contributed by atoms with van der Waals surface area (Å²) in [5.74, 6) is 1.18. The molecular formula is C61H82N12O7S. The number of anilines is 3. The average Bonchev–Trinajstić information content (AvgIpc) is 4.46. The molecule has 6 saturated heterocycles. The van der Waals surface area contributed by atoms with Gasteiger partial charge in [-0.1, -0.05) is 55.4 Å². The van der Waals surface area contributed by atoms with Gasteiger partial charge in [-0.05, 0) is 106 Å². The second-order valence-corrected chi connectivity index (χ2v) is 25.5. The number of ether oxygens (including phenoxy) is 2. The first-order valence-electron chi connectivity index (χ1n) is 29.9. The topological polar surface area (TPSA) is 215 Å². The number of aliphatic hydroxyl groups excluding tert-OH is 1. The number of amides is 2. The number of piperazine rings is 1. The van der Waals surface area contributed by atoms with Gasteiger partial charge >= 0.3 is 0 Å². The molecule has 0 spiro atoms. The van der Waals surface area contributed by atoms with Crippen LogP contribution in [0.2, 0.25) is 0 Å². The molecule has 3 aromatic heterocycles. The molecule has 5 aromatic rings. The van der Waals surface area contributed by atoms with Gasteiger partial charge in [0, 0.05) is 108 Å². The van der Waals surface area contributed by atoms with Crippen LogP contribution < -0.4 is 20.9 Å². The number of hydrogen-bond donors (Lipinski definition) is 4. The van der Waals surface area contributed by atoms with Gasteiger partial charge in [0.25, 0.3) is 0 Å². The van der Waals surface area contributed by atoms with Gasteiger partial charge in [0.2, 0.25) is 11.8 Å². The lowest BCUT2D eigenvalue weighted by Crippen LogP contribution is -2.60. The smallest absolute Gasteiger partial charge is 0.243 e. The number of aryl methyl sites for hydroxylation is 1. The maximum atomic E-state index is 14.4. The fraction of sp³-hybridized carbons (Fsp3) is 0.607. The van der Waals surface area contributed by atoms with Crippen molar-refractivity contribution in [2.24, 2.45) is 11.8 Å². The summed E-state index contributed by atoms with van der Waals surface area (Å²) in [6, 6.07) is 19.6. The molecule has 1 aliphatic carbocycles. The summed E-state index contributed by atoms with van der Waals surface area (Å²) in [6.45, 7) is 18.4. The van der Waals surface area contributed by atoms with E-state index in [4.69, 9.17) is 19.7 Å². The molecule has 7 atom stereocenters. The first-order valence-corrected chi connectivity index (χ1v) is 30.8. The van der Waals surface area contributed by atoms with Crippen molar-refractivity contribution < 1.29 is 33.8 Å². The molecule has 0 radical (unpaired) electrons. The number of thiazole rings is 1. The summed E-state index contributed by atoms with van der Waals surface area (Å²) < 4.78 is 19.2. The summed E-state index contributed by atoms with van der Waals surface area (Å²) >= 11 is 1.60. The van der Waals surface area contributed by atoms with Crippen LogP contribution in [0.15, 0.2) is 70.7 Å². The minimum absolute atomic E-state index is 0.0908. The molecule has 12 rings (SSSR count). The van der Waals surface area contributed by atoms with Crippen molar-refractivity contribution in [1.82, 2.24) is 45.3 Å². The van der Waals surface area contributed by atoms with Gasteiger partial charge < -0.3 is 54.9 Å². The van der Waals surface area contributed by atoms with Crippen molar-refractivity contribution in [3.63, 3.8) is 0 Å². The van der Waals surface area contributed by atoms with Gasteiger partial charge in [0.1, 0.15) is 17.7 Å². The number of piperidine rings is 2. The van der Waals surface area contributed by atoms with Gasteiger partial charge in [-0.3, -0.25) is 19.4 Å². The first kappa shape index (κ1) is 55.8. The number of nitrogens with two attached hydrogens (primary N) is 1. The molecule has 81 heavy (non-hydrogen) atoms. The first-order chi connectivity index (χ1) is 39.3. The van der Waals surface area contributed by atoms with Gasteiger partial charge in [-0.25, -0.2) is 4.98 Å². The highest BCUT2D eigenvalue weighted by Gasteiger charge is 2.46. The summed E-state index contributed by atoms with van der Waals surface area (Å²) in [7, 11) is 0. The summed E-state index contributed by atoms with van der Waals surface area (Å²) in [5.41, 5.74) is 13.5. The molecule has 7 aliphatic rings. The van der Waals surface area contributed by atoms with E-state index in [2.05, 4.69) is 50.2 Å². The van der Waals surface area contributed by atoms with Crippen LogP contribution in [0.5, 0.6) is 5.75 Å². The van der Waals surface area contributed by atoms with Crippen LogP contribution in [0, 0.1) is 18.8 Å². The van der Waals surface area contributed by atoms with Gasteiger partial charge in [0.05, 0.1) is 64.5 Å². The lowest BCUT2D eigenvalue weighted by atomic mass is 9.86. The third-order valence-electron chi connectivity index (χ3n) is 18.9. The molecule has 1 saturated carbocycles. The van der Waals surface area contributed by atoms with E-state index in [0.29, 0.717) is 59.1 Å². The minimum atomic E-state index is -0.797. The zero-order valence-electron chi connectivity index (χ0n) is 47.5. The number of carbonyl (C=O) groups excluding carboxylic acids is 2. The number of aliphatic hydroxyl groups is 1. The number of carbonyl (C=O) groups is 2. The highest BCUT2D eigenvalue weighted by Crippen LogP contribution is 2.40. The molecule has 2 unspecified atom stereocenters. The Labute approximate surface area is 480 Å². The second kappa shape index (κ2) is 24.2. The lowest BCUT2D eigenvalue weighted by Gasteiger charge is -2.48. The zero-order valence-corrected chi connectivity index (χ0v) is 48.3. The van der Waals surface area contributed by atoms with Crippen LogP contribution in [0.25, 0.3) is 21.7 Å². The Morgan fingerprint density at radius 1 is 0.840 bits per heavy atom. The van der Waals surface area contributed by atoms with E-state index >= 15 is 0 Å². The molecule has 5 N–H and O–H groups in total. The van der Waals surface area contributed by atoms with E-state index in [9.17, 15) is 19.8 Å². The van der Waals surface area contributed by atoms with E-state index < -0.39 is 18.1 Å². The number of β-amino-alcohol motifs (C(OH)–C–C–N with tert-alkyl or cyclic N) is 1. The molecule has 434 valence electrons. The Hall–Kier alpha value is -5.74. The maximum absolute atomic E-state index is 14.4. The SMILES string of the molecule is Cc1ncsc1-c1ccc([C@H](C)NC(=O)[C@@H]2C[C@@H](O)CN2C(=O)[C@@H](c2cc(N3CCC(CN4CCC(O[C@H]5C[C@H](N6CCO[C@H](CN7C8CCC7CN(c7cc(-c9ccccc9O)nnc7N)C8)C6)C5)CC4)CC3)no2)C(C)C)cc1. The normalized spacial score (nSPS) is 27.0. The number of hydrogen-bond acceptors (Lipinski definition) is 18. The van der Waals surface area contributed by atoms with Crippen molar-refractivity contribution in [2.45, 2.75) is 146 Å². The number of para-hydroxylation sites is 1. The molecule has 20 heteroatoms. The largest absolute Gasteiger partial charge is 0.507 e. The number of phenolic OH excluding ortho intramolecular Hbond substituents is 1. The molecule has 2 amide bonds. The van der Waals surface area contributed by atoms with E-state index in [0.717, 1.165) is 157 Å². The minimum Gasteiger partial charge on any atom is -0.507 e. The third kappa shape index (κ3) is 12.2. The fourth-order valence-electron chi connectivity index (χ4n) is 14.2. The van der Waals surface area contributed by atoms with Crippen LogP contribution in [0.4, 0.5) is 17.3 Å². The van der Waals surface area contributed by atoms with Crippen LogP contribution in [0.1, 0.15) is 108 Å². The van der Waals surface area contributed by atoms with Crippen molar-refractivity contribution in [2.75, 3.05) is 94.1 Å². The molecule has 19 nitrogen and oxygen atoms in total. The van der Waals surface area contributed by atoms with E-state index in [1.807, 2.05) is 81.7 Å². The van der Waals surface area contributed by atoms with Crippen LogP contribution in [0.3, 0.4) is 0 Å². The number of nitrogen functional groups attached to an aromatic ring is 1. The van der Waals surface area contributed by atoms with Crippen LogP contribution in [-0.4, -0.2) is 189 Å². The summed E-state index contributed by atoms with van der Waals surface area (Å²) in [6.07, 6.45) is 9.07. The Balaban J connectivity index is 0.554. The number of aromatic nitrogens is 4. The van der Waals surface area contributed by atoms with Crippen molar-refractivity contribution >= 4 is 40.5 Å². The number of benzene rings is 2. The highest BCUT2D eigenvalue weighted by molar-refractivity contribution is 7.13. The fourth-order valence-corrected chi connectivity index (χ4v) is 15.0. The van der Waals surface area contributed by atoms with Crippen LogP contribution >= 0.6 is 11.3 Å². The lowest BCUT2D eigenvalue weighted by molar-refractivity contribution is -0.141. The van der Waals surface area contributed by atoms with Crippen molar-refractivity contribution in [1.29, 1.82) is 0 Å². The highest BCUT2D eigenvalue weighted by atomic mass is 32.1. The van der Waals surface area contributed by atoms with Crippen LogP contribution in [-0.2, 0) is 19.1 Å². The molecule has 7 fully saturated rings. The second-order valence-electron chi connectivity index (χ2n) is 24.6. The molecule has 2 aromatic carbocycles. The maximum Gasteiger partial charge on any atom is 0.243 e. The van der Waals surface area contributed by atoms with Crippen molar-refractivity contribution in [3.8, 4) is 27.4 Å². The van der Waals surface area contributed by atoms with Gasteiger partial charge in [-0.15, -0.1) is 21.5 Å².